The topological polar surface area (TPSA) is 52.6 Å². The molecule has 0 bridgehead atoms. The SMILES string of the molecule is CCN(CC)CCNC(=O)c1ccc(O)cc1.Cl. The highest BCUT2D eigenvalue weighted by Crippen LogP contribution is 2.09. The van der Waals surface area contributed by atoms with Crippen molar-refractivity contribution in [3.8, 4) is 5.75 Å². The highest BCUT2D eigenvalue weighted by atomic mass is 35.5. The lowest BCUT2D eigenvalue weighted by Crippen LogP contribution is -2.34. The fourth-order valence-corrected chi connectivity index (χ4v) is 1.58. The fourth-order valence-electron chi connectivity index (χ4n) is 1.58. The average Bonchev–Trinajstić information content (AvgIpc) is 2.35. The van der Waals surface area contributed by atoms with Crippen molar-refractivity contribution in [1.82, 2.24) is 10.2 Å². The van der Waals surface area contributed by atoms with Crippen molar-refractivity contribution in [2.45, 2.75) is 13.8 Å². The summed E-state index contributed by atoms with van der Waals surface area (Å²) in [6.07, 6.45) is 0. The molecule has 0 heterocycles. The van der Waals surface area contributed by atoms with Gasteiger partial charge in [0.15, 0.2) is 0 Å². The van der Waals surface area contributed by atoms with Crippen LogP contribution in [0.5, 0.6) is 5.75 Å². The Hall–Kier alpha value is -1.26. The largest absolute Gasteiger partial charge is 0.508 e. The number of likely N-dealkylation sites (N-methyl/N-ethyl adjacent to an activating group) is 1. The lowest BCUT2D eigenvalue weighted by molar-refractivity contribution is 0.0949. The number of phenols is 1. The summed E-state index contributed by atoms with van der Waals surface area (Å²) in [7, 11) is 0. The molecule has 0 aliphatic heterocycles. The van der Waals surface area contributed by atoms with Crippen LogP contribution in [0.2, 0.25) is 0 Å². The van der Waals surface area contributed by atoms with Crippen molar-refractivity contribution in [3.05, 3.63) is 29.8 Å². The molecule has 102 valence electrons. The molecule has 0 aliphatic carbocycles. The number of benzene rings is 1. The second-order valence-corrected chi connectivity index (χ2v) is 3.83. The molecule has 0 atom stereocenters. The number of halogens is 1. The van der Waals surface area contributed by atoms with Gasteiger partial charge in [-0.2, -0.15) is 0 Å². The van der Waals surface area contributed by atoms with Gasteiger partial charge in [0.2, 0.25) is 0 Å². The summed E-state index contributed by atoms with van der Waals surface area (Å²) >= 11 is 0. The van der Waals surface area contributed by atoms with Gasteiger partial charge in [-0.3, -0.25) is 4.79 Å². The predicted octanol–water partition coefficient (Wildman–Crippen LogP) is 1.89. The van der Waals surface area contributed by atoms with Gasteiger partial charge in [-0.05, 0) is 37.4 Å². The maximum Gasteiger partial charge on any atom is 0.251 e. The van der Waals surface area contributed by atoms with Gasteiger partial charge in [0.1, 0.15) is 5.75 Å². The minimum Gasteiger partial charge on any atom is -0.508 e. The van der Waals surface area contributed by atoms with Gasteiger partial charge in [-0.1, -0.05) is 13.8 Å². The molecule has 4 nitrogen and oxygen atoms in total. The van der Waals surface area contributed by atoms with Gasteiger partial charge >= 0.3 is 0 Å². The molecular formula is C13H21ClN2O2. The van der Waals surface area contributed by atoms with E-state index in [4.69, 9.17) is 5.11 Å². The molecule has 0 aromatic heterocycles. The molecule has 0 spiro atoms. The Balaban J connectivity index is 0.00000289. The van der Waals surface area contributed by atoms with Gasteiger partial charge in [-0.15, -0.1) is 12.4 Å². The van der Waals surface area contributed by atoms with Gasteiger partial charge in [0, 0.05) is 18.7 Å². The van der Waals surface area contributed by atoms with Crippen LogP contribution in [0.4, 0.5) is 0 Å². The molecule has 1 aromatic carbocycles. The van der Waals surface area contributed by atoms with Crippen LogP contribution in [0.3, 0.4) is 0 Å². The zero-order chi connectivity index (χ0) is 12.7. The van der Waals surface area contributed by atoms with Crippen LogP contribution in [0, 0.1) is 0 Å². The van der Waals surface area contributed by atoms with Crippen LogP contribution < -0.4 is 5.32 Å². The quantitative estimate of drug-likeness (QED) is 0.831. The molecule has 0 unspecified atom stereocenters. The Morgan fingerprint density at radius 2 is 1.78 bits per heavy atom. The first-order valence-corrected chi connectivity index (χ1v) is 5.97. The number of rotatable bonds is 6. The number of nitrogens with zero attached hydrogens (tertiary/aromatic N) is 1. The standard InChI is InChI=1S/C13H20N2O2.ClH/c1-3-15(4-2)10-9-14-13(17)11-5-7-12(16)8-6-11;/h5-8,16H,3-4,9-10H2,1-2H3,(H,14,17);1H. The minimum absolute atomic E-state index is 0. The maximum atomic E-state index is 11.7. The van der Waals surface area contributed by atoms with Gasteiger partial charge < -0.3 is 15.3 Å². The number of hydrogen-bond donors (Lipinski definition) is 2. The van der Waals surface area contributed by atoms with Crippen molar-refractivity contribution in [3.63, 3.8) is 0 Å². The Kier molecular flexibility index (Phi) is 8.16. The summed E-state index contributed by atoms with van der Waals surface area (Å²) in [5, 5.41) is 12.0. The van der Waals surface area contributed by atoms with E-state index in [1.54, 1.807) is 12.1 Å². The third-order valence-electron chi connectivity index (χ3n) is 2.74. The zero-order valence-electron chi connectivity index (χ0n) is 10.8. The van der Waals surface area contributed by atoms with E-state index < -0.39 is 0 Å². The molecule has 0 radical (unpaired) electrons. The van der Waals surface area contributed by atoms with Gasteiger partial charge in [0.25, 0.3) is 5.91 Å². The summed E-state index contributed by atoms with van der Waals surface area (Å²) in [5.41, 5.74) is 0.572. The molecule has 0 saturated heterocycles. The first-order chi connectivity index (χ1) is 8.17. The van der Waals surface area contributed by atoms with Crippen LogP contribution in [0.1, 0.15) is 24.2 Å². The molecule has 1 aromatic rings. The molecule has 5 heteroatoms. The highest BCUT2D eigenvalue weighted by Gasteiger charge is 2.05. The first-order valence-electron chi connectivity index (χ1n) is 5.97. The number of amides is 1. The van der Waals surface area contributed by atoms with Crippen LogP contribution in [-0.4, -0.2) is 42.1 Å². The third kappa shape index (κ3) is 5.38. The summed E-state index contributed by atoms with van der Waals surface area (Å²) in [6.45, 7) is 7.69. The molecule has 2 N–H and O–H groups in total. The fraction of sp³-hybridized carbons (Fsp3) is 0.462. The Morgan fingerprint density at radius 3 is 2.28 bits per heavy atom. The van der Waals surface area contributed by atoms with Crippen LogP contribution in [-0.2, 0) is 0 Å². The smallest absolute Gasteiger partial charge is 0.251 e. The van der Waals surface area contributed by atoms with E-state index in [0.717, 1.165) is 19.6 Å². The van der Waals surface area contributed by atoms with E-state index in [1.165, 1.54) is 12.1 Å². The van der Waals surface area contributed by atoms with Crippen molar-refractivity contribution in [2.24, 2.45) is 0 Å². The van der Waals surface area contributed by atoms with Crippen LogP contribution in [0.15, 0.2) is 24.3 Å². The van der Waals surface area contributed by atoms with Crippen molar-refractivity contribution >= 4 is 18.3 Å². The van der Waals surface area contributed by atoms with E-state index in [1.807, 2.05) is 0 Å². The number of hydrogen-bond acceptors (Lipinski definition) is 3. The monoisotopic (exact) mass is 272 g/mol. The van der Waals surface area contributed by atoms with E-state index in [0.29, 0.717) is 12.1 Å². The number of aromatic hydroxyl groups is 1. The van der Waals surface area contributed by atoms with Crippen LogP contribution in [0.25, 0.3) is 0 Å². The number of nitrogens with one attached hydrogen (secondary N) is 1. The second kappa shape index (κ2) is 8.78. The number of carbonyl (C=O) groups is 1. The number of carbonyl (C=O) groups excluding carboxylic acids is 1. The average molecular weight is 273 g/mol. The van der Waals surface area contributed by atoms with Crippen molar-refractivity contribution < 1.29 is 9.90 Å². The van der Waals surface area contributed by atoms with Gasteiger partial charge in [0.05, 0.1) is 0 Å². The Morgan fingerprint density at radius 1 is 1.22 bits per heavy atom. The third-order valence-corrected chi connectivity index (χ3v) is 2.74. The Labute approximate surface area is 114 Å². The van der Waals surface area contributed by atoms with Crippen molar-refractivity contribution in [1.29, 1.82) is 0 Å². The van der Waals surface area contributed by atoms with E-state index in [-0.39, 0.29) is 24.1 Å². The van der Waals surface area contributed by atoms with Gasteiger partial charge in [-0.25, -0.2) is 0 Å². The summed E-state index contributed by atoms with van der Waals surface area (Å²) < 4.78 is 0. The van der Waals surface area contributed by atoms with Crippen LogP contribution >= 0.6 is 12.4 Å². The minimum atomic E-state index is -0.0999. The molecule has 0 aliphatic rings. The lowest BCUT2D eigenvalue weighted by atomic mass is 10.2. The highest BCUT2D eigenvalue weighted by molar-refractivity contribution is 5.94. The van der Waals surface area contributed by atoms with E-state index in [2.05, 4.69) is 24.1 Å². The molecule has 1 amide bonds. The van der Waals surface area contributed by atoms with E-state index in [9.17, 15) is 4.79 Å². The molecule has 1 rings (SSSR count). The lowest BCUT2D eigenvalue weighted by Gasteiger charge is -2.17. The van der Waals surface area contributed by atoms with Crippen molar-refractivity contribution in [2.75, 3.05) is 26.2 Å². The predicted molar refractivity (Wildman–Crippen MR) is 75.5 cm³/mol. The molecule has 0 fully saturated rings. The zero-order valence-corrected chi connectivity index (χ0v) is 11.7. The summed E-state index contributed by atoms with van der Waals surface area (Å²) in [4.78, 5) is 13.9. The van der Waals surface area contributed by atoms with E-state index >= 15 is 0 Å². The molecule has 0 saturated carbocycles. The first kappa shape index (κ1) is 16.7. The Bertz CT molecular complexity index is 351. The molecular weight excluding hydrogens is 252 g/mol. The molecule has 18 heavy (non-hydrogen) atoms. The number of phenolic OH excluding ortho intramolecular Hbond substituents is 1. The summed E-state index contributed by atoms with van der Waals surface area (Å²) in [6, 6.07) is 6.25. The normalized spacial score (nSPS) is 9.94. The maximum absolute atomic E-state index is 11.7. The second-order valence-electron chi connectivity index (χ2n) is 3.83. The summed E-state index contributed by atoms with van der Waals surface area (Å²) in [5.74, 6) is 0.0712.